The van der Waals surface area contributed by atoms with Gasteiger partial charge in [-0.1, -0.05) is 19.1 Å². The highest BCUT2D eigenvalue weighted by Gasteiger charge is 2.30. The summed E-state index contributed by atoms with van der Waals surface area (Å²) in [6, 6.07) is 3.89. The zero-order valence-electron chi connectivity index (χ0n) is 13.2. The molecule has 0 bridgehead atoms. The smallest absolute Gasteiger partial charge is 0.134 e. The normalized spacial score (nSPS) is 16.4. The number of aromatic amines is 1. The maximum atomic E-state index is 14.4. The van der Waals surface area contributed by atoms with Crippen molar-refractivity contribution in [2.45, 2.75) is 12.8 Å². The van der Waals surface area contributed by atoms with E-state index in [9.17, 15) is 8.78 Å². The second kappa shape index (κ2) is 4.92. The first-order valence-corrected chi connectivity index (χ1v) is 7.92. The van der Waals surface area contributed by atoms with Crippen LogP contribution in [-0.2, 0) is 0 Å². The molecule has 3 heterocycles. The van der Waals surface area contributed by atoms with Crippen LogP contribution in [-0.4, -0.2) is 20.2 Å². The maximum Gasteiger partial charge on any atom is 0.134 e. The molecular formula is C19H12F2N4. The van der Waals surface area contributed by atoms with Crippen LogP contribution >= 0.6 is 0 Å². The van der Waals surface area contributed by atoms with Crippen molar-refractivity contribution in [3.05, 3.63) is 71.3 Å². The van der Waals surface area contributed by atoms with Crippen molar-refractivity contribution in [1.29, 1.82) is 0 Å². The van der Waals surface area contributed by atoms with Gasteiger partial charge in [-0.2, -0.15) is 5.10 Å². The number of H-pyrrole nitrogens is 1. The third kappa shape index (κ3) is 1.88. The predicted molar refractivity (Wildman–Crippen MR) is 90.2 cm³/mol. The first kappa shape index (κ1) is 14.2. The van der Waals surface area contributed by atoms with Gasteiger partial charge in [0.2, 0.25) is 0 Å². The van der Waals surface area contributed by atoms with E-state index in [4.69, 9.17) is 0 Å². The molecule has 3 aliphatic rings. The van der Waals surface area contributed by atoms with Crippen LogP contribution in [0.4, 0.5) is 8.78 Å². The minimum atomic E-state index is -0.594. The van der Waals surface area contributed by atoms with Gasteiger partial charge in [-0.15, -0.1) is 0 Å². The molecule has 1 aliphatic carbocycles. The van der Waals surface area contributed by atoms with Gasteiger partial charge in [0.15, 0.2) is 0 Å². The van der Waals surface area contributed by atoms with Gasteiger partial charge in [-0.25, -0.2) is 8.78 Å². The van der Waals surface area contributed by atoms with Crippen molar-refractivity contribution < 1.29 is 8.78 Å². The molecule has 0 saturated carbocycles. The van der Waals surface area contributed by atoms with Gasteiger partial charge in [0.25, 0.3) is 0 Å². The number of rotatable bonds is 1. The van der Waals surface area contributed by atoms with Crippen LogP contribution in [0.2, 0.25) is 0 Å². The van der Waals surface area contributed by atoms with Crippen LogP contribution in [0.15, 0.2) is 42.9 Å². The summed E-state index contributed by atoms with van der Waals surface area (Å²) in [5, 5.41) is 7.07. The number of nitrogens with zero attached hydrogens (tertiary/aromatic N) is 3. The van der Waals surface area contributed by atoms with E-state index in [0.717, 1.165) is 27.7 Å². The lowest BCUT2D eigenvalue weighted by Crippen LogP contribution is -2.06. The van der Waals surface area contributed by atoms with Crippen molar-refractivity contribution in [1.82, 2.24) is 20.2 Å². The average Bonchev–Trinajstić information content (AvgIpc) is 3.17. The monoisotopic (exact) mass is 334 g/mol. The summed E-state index contributed by atoms with van der Waals surface area (Å²) in [4.78, 5) is 8.89. The van der Waals surface area contributed by atoms with E-state index >= 15 is 0 Å². The number of nitrogens with one attached hydrogen (secondary N) is 1. The molecule has 4 nitrogen and oxygen atoms in total. The van der Waals surface area contributed by atoms with E-state index in [2.05, 4.69) is 20.2 Å². The third-order valence-corrected chi connectivity index (χ3v) is 4.72. The Morgan fingerprint density at radius 2 is 1.76 bits per heavy atom. The molecule has 1 aromatic heterocycles. The number of aromatic nitrogens is 4. The zero-order chi connectivity index (χ0) is 17.1. The van der Waals surface area contributed by atoms with Crippen LogP contribution in [0.1, 0.15) is 29.7 Å². The van der Waals surface area contributed by atoms with E-state index in [1.165, 1.54) is 18.2 Å². The number of hydrogen-bond acceptors (Lipinski definition) is 3. The minimum Gasteiger partial charge on any atom is -0.276 e. The third-order valence-electron chi connectivity index (χ3n) is 4.72. The SMILES string of the molecule is CC1C=C(c2c(F)cccc2F)c2ncc3cnc4cn[nH]c4c1c2-3. The Kier molecular flexibility index (Phi) is 2.80. The summed E-state index contributed by atoms with van der Waals surface area (Å²) >= 11 is 0. The molecule has 2 aromatic rings. The number of allylic oxidation sites excluding steroid dienone is 1. The Labute approximate surface area is 141 Å². The molecule has 1 unspecified atom stereocenters. The Morgan fingerprint density at radius 3 is 2.56 bits per heavy atom. The van der Waals surface area contributed by atoms with Crippen molar-refractivity contribution in [3.63, 3.8) is 0 Å². The molecule has 0 radical (unpaired) electrons. The second-order valence-electron chi connectivity index (χ2n) is 6.20. The highest BCUT2D eigenvalue weighted by molar-refractivity contribution is 5.97. The van der Waals surface area contributed by atoms with Crippen LogP contribution < -0.4 is 0 Å². The molecule has 5 rings (SSSR count). The summed E-state index contributed by atoms with van der Waals surface area (Å²) < 4.78 is 28.7. The van der Waals surface area contributed by atoms with Crippen molar-refractivity contribution in [3.8, 4) is 11.1 Å². The molecule has 1 N–H and O–H groups in total. The molecule has 0 spiro atoms. The lowest BCUT2D eigenvalue weighted by atomic mass is 9.82. The van der Waals surface area contributed by atoms with Gasteiger partial charge in [0, 0.05) is 35.0 Å². The predicted octanol–water partition coefficient (Wildman–Crippen LogP) is 4.28. The topological polar surface area (TPSA) is 54.5 Å². The maximum absolute atomic E-state index is 14.4. The molecular weight excluding hydrogens is 322 g/mol. The number of hydrogen-bond donors (Lipinski definition) is 1. The Bertz CT molecular complexity index is 1130. The number of fused-ring (bicyclic) bond motifs is 2. The highest BCUT2D eigenvalue weighted by Crippen LogP contribution is 2.46. The summed E-state index contributed by atoms with van der Waals surface area (Å²) in [5.74, 6) is -1.27. The first-order chi connectivity index (χ1) is 12.1. The Balaban J connectivity index is 1.88. The Hall–Kier alpha value is -3.15. The van der Waals surface area contributed by atoms with Crippen LogP contribution in [0, 0.1) is 11.6 Å². The highest BCUT2D eigenvalue weighted by atomic mass is 19.1. The van der Waals surface area contributed by atoms with Gasteiger partial charge in [0.05, 0.1) is 23.0 Å². The van der Waals surface area contributed by atoms with Gasteiger partial charge < -0.3 is 0 Å². The second-order valence-corrected chi connectivity index (χ2v) is 6.20. The molecule has 1 aromatic carbocycles. The molecule has 122 valence electrons. The van der Waals surface area contributed by atoms with Crippen molar-refractivity contribution in [2.75, 3.05) is 0 Å². The molecule has 0 fully saturated rings. The summed E-state index contributed by atoms with van der Waals surface area (Å²) in [7, 11) is 0. The largest absolute Gasteiger partial charge is 0.276 e. The van der Waals surface area contributed by atoms with E-state index in [0.29, 0.717) is 11.3 Å². The molecule has 6 heteroatoms. The van der Waals surface area contributed by atoms with E-state index in [-0.39, 0.29) is 11.5 Å². The van der Waals surface area contributed by atoms with Gasteiger partial charge >= 0.3 is 0 Å². The fourth-order valence-corrected chi connectivity index (χ4v) is 3.65. The number of benzene rings is 1. The standard InChI is InChI=1S/C19H12F2N4/c1-9-5-11(17-12(20)3-2-4-13(17)21)18-16-10(7-23-18)6-22-14-8-24-25-19(14)15(9)16/h2-9H,1H3,(H,24,25). The fourth-order valence-electron chi connectivity index (χ4n) is 3.65. The van der Waals surface area contributed by atoms with E-state index < -0.39 is 11.6 Å². The van der Waals surface area contributed by atoms with E-state index in [1.54, 1.807) is 18.6 Å². The molecule has 0 saturated heterocycles. The van der Waals surface area contributed by atoms with Gasteiger partial charge in [-0.3, -0.25) is 15.1 Å². The Morgan fingerprint density at radius 1 is 1.00 bits per heavy atom. The molecule has 1 atom stereocenters. The molecule has 2 aliphatic heterocycles. The quantitative estimate of drug-likeness (QED) is 0.565. The average molecular weight is 334 g/mol. The van der Waals surface area contributed by atoms with Crippen LogP contribution in [0.5, 0.6) is 0 Å². The fraction of sp³-hybridized carbons (Fsp3) is 0.105. The van der Waals surface area contributed by atoms with Crippen LogP contribution in [0.3, 0.4) is 0 Å². The van der Waals surface area contributed by atoms with E-state index in [1.807, 2.05) is 13.0 Å². The number of halogens is 2. The molecule has 25 heavy (non-hydrogen) atoms. The summed E-state index contributed by atoms with van der Waals surface area (Å²) in [6.45, 7) is 1.99. The lowest BCUT2D eigenvalue weighted by Gasteiger charge is -2.21. The van der Waals surface area contributed by atoms with Crippen molar-refractivity contribution in [2.24, 2.45) is 0 Å². The zero-order valence-corrected chi connectivity index (χ0v) is 13.2. The lowest BCUT2D eigenvalue weighted by molar-refractivity contribution is 0.577. The van der Waals surface area contributed by atoms with Crippen molar-refractivity contribution >= 4 is 16.6 Å². The summed E-state index contributed by atoms with van der Waals surface area (Å²) in [6.07, 6.45) is 6.94. The molecule has 0 amide bonds. The minimum absolute atomic E-state index is 0.0414. The first-order valence-electron chi connectivity index (χ1n) is 7.92. The van der Waals surface area contributed by atoms with Crippen LogP contribution in [0.25, 0.3) is 27.7 Å². The van der Waals surface area contributed by atoms with Gasteiger partial charge in [-0.05, 0) is 17.7 Å². The van der Waals surface area contributed by atoms with Gasteiger partial charge in [0.1, 0.15) is 17.2 Å². The summed E-state index contributed by atoms with van der Waals surface area (Å²) in [5.41, 5.74) is 5.26.